The van der Waals surface area contributed by atoms with Crippen LogP contribution in [0.4, 0.5) is 0 Å². The average molecular weight is 217 g/mol. The predicted molar refractivity (Wildman–Crippen MR) is 63.2 cm³/mol. The molecule has 2 heteroatoms. The molecule has 0 saturated heterocycles. The van der Waals surface area contributed by atoms with E-state index in [2.05, 4.69) is 0 Å². The van der Waals surface area contributed by atoms with Crippen LogP contribution in [0.1, 0.15) is 0 Å². The lowest BCUT2D eigenvalue weighted by atomic mass is 10.1. The van der Waals surface area contributed by atoms with E-state index in [1.165, 1.54) is 6.07 Å². The van der Waals surface area contributed by atoms with Gasteiger partial charge in [-0.15, -0.1) is 0 Å². The Morgan fingerprint density at radius 3 is 2.13 bits per heavy atom. The molecule has 0 bridgehead atoms. The first-order valence-electron chi connectivity index (χ1n) is 4.63. The molecule has 0 aromatic heterocycles. The van der Waals surface area contributed by atoms with E-state index in [0.717, 1.165) is 11.1 Å². The molecule has 2 rings (SSSR count). The van der Waals surface area contributed by atoms with E-state index in [1.54, 1.807) is 6.07 Å². The number of hydrogen-bond acceptors (Lipinski definition) is 1. The molecule has 0 aliphatic carbocycles. The molecule has 0 fully saturated rings. The van der Waals surface area contributed by atoms with Gasteiger partial charge in [0.25, 0.3) is 0 Å². The standard InChI is InChI=1S/C13H9ClO/c14-13-11(8-4-5-9-12(13)15)10-6-2-1-3-7-10/h1-9H. The topological polar surface area (TPSA) is 17.1 Å². The van der Waals surface area contributed by atoms with E-state index in [-0.39, 0.29) is 10.5 Å². The fraction of sp³-hybridized carbons (Fsp3) is 0. The van der Waals surface area contributed by atoms with Crippen LogP contribution in [0.3, 0.4) is 0 Å². The smallest absolute Gasteiger partial charge is 0.197 e. The van der Waals surface area contributed by atoms with Gasteiger partial charge in [-0.3, -0.25) is 4.79 Å². The van der Waals surface area contributed by atoms with Gasteiger partial charge in [0.2, 0.25) is 0 Å². The summed E-state index contributed by atoms with van der Waals surface area (Å²) in [4.78, 5) is 11.5. The lowest BCUT2D eigenvalue weighted by Gasteiger charge is -1.99. The Hall–Kier alpha value is -1.60. The molecule has 0 saturated carbocycles. The molecule has 0 radical (unpaired) electrons. The third-order valence-electron chi connectivity index (χ3n) is 2.16. The van der Waals surface area contributed by atoms with Crippen molar-refractivity contribution in [2.24, 2.45) is 0 Å². The molecule has 74 valence electrons. The van der Waals surface area contributed by atoms with Crippen LogP contribution in [-0.2, 0) is 0 Å². The van der Waals surface area contributed by atoms with Gasteiger partial charge < -0.3 is 0 Å². The Kier molecular flexibility index (Phi) is 2.84. The summed E-state index contributed by atoms with van der Waals surface area (Å²) in [5, 5.41) is 0.270. The molecule has 0 heterocycles. The fourth-order valence-corrected chi connectivity index (χ4v) is 1.65. The highest BCUT2D eigenvalue weighted by molar-refractivity contribution is 6.33. The molecule has 2 aromatic rings. The van der Waals surface area contributed by atoms with Crippen molar-refractivity contribution in [1.82, 2.24) is 0 Å². The van der Waals surface area contributed by atoms with Crippen molar-refractivity contribution in [3.8, 4) is 11.1 Å². The third-order valence-corrected chi connectivity index (χ3v) is 2.55. The molecule has 0 amide bonds. The van der Waals surface area contributed by atoms with Crippen LogP contribution in [0.5, 0.6) is 0 Å². The van der Waals surface area contributed by atoms with Gasteiger partial charge in [-0.1, -0.05) is 60.1 Å². The number of hydrogen-bond donors (Lipinski definition) is 0. The van der Waals surface area contributed by atoms with E-state index in [9.17, 15) is 4.79 Å². The van der Waals surface area contributed by atoms with Gasteiger partial charge in [-0.05, 0) is 11.6 Å². The molecule has 0 N–H and O–H groups in total. The van der Waals surface area contributed by atoms with Gasteiger partial charge in [0.15, 0.2) is 5.43 Å². The highest BCUT2D eigenvalue weighted by atomic mass is 35.5. The molecule has 0 atom stereocenters. The van der Waals surface area contributed by atoms with E-state index >= 15 is 0 Å². The van der Waals surface area contributed by atoms with Crippen molar-refractivity contribution >= 4 is 11.6 Å². The van der Waals surface area contributed by atoms with Gasteiger partial charge in [0, 0.05) is 5.56 Å². The number of rotatable bonds is 1. The minimum Gasteiger partial charge on any atom is -0.288 e. The second kappa shape index (κ2) is 4.28. The minimum absolute atomic E-state index is 0.152. The van der Waals surface area contributed by atoms with Crippen LogP contribution in [-0.4, -0.2) is 0 Å². The van der Waals surface area contributed by atoms with Crippen molar-refractivity contribution in [2.75, 3.05) is 0 Å². The Bertz CT molecular complexity index is 520. The van der Waals surface area contributed by atoms with Crippen molar-refractivity contribution in [1.29, 1.82) is 0 Å². The SMILES string of the molecule is O=c1ccccc(-c2ccccc2)c1Cl. The monoisotopic (exact) mass is 216 g/mol. The summed E-state index contributed by atoms with van der Waals surface area (Å²) in [6.07, 6.45) is 0. The highest BCUT2D eigenvalue weighted by Gasteiger charge is 2.03. The van der Waals surface area contributed by atoms with Crippen LogP contribution in [0.2, 0.25) is 5.02 Å². The van der Waals surface area contributed by atoms with E-state index in [1.807, 2.05) is 42.5 Å². The van der Waals surface area contributed by atoms with Crippen molar-refractivity contribution in [2.45, 2.75) is 0 Å². The van der Waals surface area contributed by atoms with Crippen molar-refractivity contribution in [3.63, 3.8) is 0 Å². The molecule has 15 heavy (non-hydrogen) atoms. The normalized spacial score (nSPS) is 9.93. The summed E-state index contributed by atoms with van der Waals surface area (Å²) >= 11 is 6.00. The van der Waals surface area contributed by atoms with Gasteiger partial charge in [0.05, 0.1) is 5.02 Å². The summed E-state index contributed by atoms with van der Waals surface area (Å²) in [6, 6.07) is 16.5. The van der Waals surface area contributed by atoms with Crippen molar-refractivity contribution in [3.05, 3.63) is 69.8 Å². The molecular formula is C13H9ClO. The van der Waals surface area contributed by atoms with Gasteiger partial charge >= 0.3 is 0 Å². The Morgan fingerprint density at radius 1 is 0.800 bits per heavy atom. The zero-order chi connectivity index (χ0) is 10.7. The molecule has 0 aliphatic rings. The molecular weight excluding hydrogens is 208 g/mol. The van der Waals surface area contributed by atoms with Gasteiger partial charge in [-0.2, -0.15) is 0 Å². The first-order chi connectivity index (χ1) is 7.29. The van der Waals surface area contributed by atoms with E-state index in [4.69, 9.17) is 11.6 Å². The van der Waals surface area contributed by atoms with Crippen LogP contribution < -0.4 is 5.43 Å². The molecule has 0 unspecified atom stereocenters. The lowest BCUT2D eigenvalue weighted by Crippen LogP contribution is -1.95. The predicted octanol–water partition coefficient (Wildman–Crippen LogP) is 3.37. The Balaban J connectivity index is 2.71. The molecule has 1 nitrogen and oxygen atoms in total. The van der Waals surface area contributed by atoms with Crippen LogP contribution in [0, 0.1) is 0 Å². The second-order valence-electron chi connectivity index (χ2n) is 3.18. The zero-order valence-corrected chi connectivity index (χ0v) is 8.74. The first-order valence-corrected chi connectivity index (χ1v) is 5.01. The number of halogens is 1. The quantitative estimate of drug-likeness (QED) is 0.715. The third kappa shape index (κ3) is 2.08. The second-order valence-corrected chi connectivity index (χ2v) is 3.55. The summed E-state index contributed by atoms with van der Waals surface area (Å²) in [5.74, 6) is 0. The van der Waals surface area contributed by atoms with Crippen LogP contribution in [0.15, 0.2) is 59.4 Å². The van der Waals surface area contributed by atoms with E-state index < -0.39 is 0 Å². The highest BCUT2D eigenvalue weighted by Crippen LogP contribution is 2.23. The fourth-order valence-electron chi connectivity index (χ4n) is 1.41. The van der Waals surface area contributed by atoms with Gasteiger partial charge in [0.1, 0.15) is 0 Å². The van der Waals surface area contributed by atoms with E-state index in [0.29, 0.717) is 0 Å². The zero-order valence-electron chi connectivity index (χ0n) is 7.98. The Labute approximate surface area is 93.0 Å². The van der Waals surface area contributed by atoms with Gasteiger partial charge in [-0.25, -0.2) is 0 Å². The summed E-state index contributed by atoms with van der Waals surface area (Å²) in [7, 11) is 0. The largest absolute Gasteiger partial charge is 0.288 e. The maximum absolute atomic E-state index is 11.5. The summed E-state index contributed by atoms with van der Waals surface area (Å²) in [5.41, 5.74) is 1.57. The lowest BCUT2D eigenvalue weighted by molar-refractivity contribution is 1.62. The maximum atomic E-state index is 11.5. The molecule has 2 aromatic carbocycles. The van der Waals surface area contributed by atoms with Crippen LogP contribution >= 0.6 is 11.6 Å². The first kappa shape index (κ1) is 9.94. The number of benzene rings is 1. The molecule has 0 aliphatic heterocycles. The Morgan fingerprint density at radius 2 is 1.40 bits per heavy atom. The van der Waals surface area contributed by atoms with Crippen LogP contribution in [0.25, 0.3) is 11.1 Å². The summed E-state index contributed by atoms with van der Waals surface area (Å²) < 4.78 is 0. The minimum atomic E-state index is -0.152. The average Bonchev–Trinajstić information content (AvgIpc) is 2.44. The van der Waals surface area contributed by atoms with Crippen molar-refractivity contribution < 1.29 is 0 Å². The maximum Gasteiger partial charge on any atom is 0.197 e. The molecule has 0 spiro atoms. The summed E-state index contributed by atoms with van der Waals surface area (Å²) in [6.45, 7) is 0.